The standard InChI is InChI=1S/C17H26N2/c1-3-6-13-7-4-5-8-17(13)18-14-11-15-9-10-16(12-14)19(15)2/h4-5,7-8,14-16,18H,3,6,9-12H2,1-2H3. The maximum Gasteiger partial charge on any atom is 0.0374 e. The minimum atomic E-state index is 0.673. The molecule has 0 radical (unpaired) electrons. The van der Waals surface area contributed by atoms with Crippen molar-refractivity contribution >= 4 is 5.69 Å². The van der Waals surface area contributed by atoms with Gasteiger partial charge in [-0.15, -0.1) is 0 Å². The molecular formula is C17H26N2. The maximum absolute atomic E-state index is 3.83. The van der Waals surface area contributed by atoms with Crippen molar-refractivity contribution in [1.82, 2.24) is 4.90 Å². The Hall–Kier alpha value is -1.02. The molecule has 2 heteroatoms. The number of nitrogens with one attached hydrogen (secondary N) is 1. The van der Waals surface area contributed by atoms with Gasteiger partial charge in [0.1, 0.15) is 0 Å². The lowest BCUT2D eigenvalue weighted by Crippen LogP contribution is -2.44. The van der Waals surface area contributed by atoms with Crippen LogP contribution in [0.5, 0.6) is 0 Å². The van der Waals surface area contributed by atoms with Crippen LogP contribution in [0.25, 0.3) is 0 Å². The van der Waals surface area contributed by atoms with Gasteiger partial charge in [0.05, 0.1) is 0 Å². The van der Waals surface area contributed by atoms with E-state index < -0.39 is 0 Å². The maximum atomic E-state index is 3.83. The topological polar surface area (TPSA) is 15.3 Å². The van der Waals surface area contributed by atoms with Crippen LogP contribution in [0.4, 0.5) is 5.69 Å². The Kier molecular flexibility index (Phi) is 3.79. The molecule has 1 N–H and O–H groups in total. The average Bonchev–Trinajstić information content (AvgIpc) is 2.64. The molecule has 2 aliphatic heterocycles. The van der Waals surface area contributed by atoms with E-state index in [0.717, 1.165) is 12.1 Å². The summed E-state index contributed by atoms with van der Waals surface area (Å²) in [6.07, 6.45) is 7.83. The zero-order valence-corrected chi connectivity index (χ0v) is 12.2. The van der Waals surface area contributed by atoms with Crippen molar-refractivity contribution < 1.29 is 0 Å². The summed E-state index contributed by atoms with van der Waals surface area (Å²) in [5, 5.41) is 3.83. The van der Waals surface area contributed by atoms with Crippen molar-refractivity contribution in [3.63, 3.8) is 0 Å². The van der Waals surface area contributed by atoms with E-state index in [2.05, 4.69) is 48.5 Å². The summed E-state index contributed by atoms with van der Waals surface area (Å²) >= 11 is 0. The van der Waals surface area contributed by atoms with Gasteiger partial charge in [-0.25, -0.2) is 0 Å². The highest BCUT2D eigenvalue weighted by atomic mass is 15.2. The first-order chi connectivity index (χ1) is 9.28. The molecule has 2 unspecified atom stereocenters. The number of nitrogens with zero attached hydrogens (tertiary/aromatic N) is 1. The molecule has 2 nitrogen and oxygen atoms in total. The molecule has 2 saturated heterocycles. The zero-order valence-electron chi connectivity index (χ0n) is 12.2. The molecular weight excluding hydrogens is 232 g/mol. The molecule has 3 rings (SSSR count). The van der Waals surface area contributed by atoms with E-state index in [1.54, 1.807) is 0 Å². The Morgan fingerprint density at radius 1 is 1.16 bits per heavy atom. The van der Waals surface area contributed by atoms with Crippen LogP contribution in [0, 0.1) is 0 Å². The number of benzene rings is 1. The highest BCUT2D eigenvalue weighted by Gasteiger charge is 2.38. The second kappa shape index (κ2) is 5.54. The van der Waals surface area contributed by atoms with Crippen LogP contribution in [0.1, 0.15) is 44.6 Å². The van der Waals surface area contributed by atoms with Crippen molar-refractivity contribution in [3.05, 3.63) is 29.8 Å². The summed E-state index contributed by atoms with van der Waals surface area (Å²) in [6, 6.07) is 11.1. The van der Waals surface area contributed by atoms with E-state index in [1.165, 1.54) is 49.8 Å². The predicted octanol–water partition coefficient (Wildman–Crippen LogP) is 3.68. The summed E-state index contributed by atoms with van der Waals surface area (Å²) in [5.74, 6) is 0. The van der Waals surface area contributed by atoms with Crippen LogP contribution in [0.3, 0.4) is 0 Å². The van der Waals surface area contributed by atoms with Gasteiger partial charge >= 0.3 is 0 Å². The number of anilines is 1. The molecule has 0 amide bonds. The van der Waals surface area contributed by atoms with Crippen molar-refractivity contribution in [2.24, 2.45) is 0 Å². The molecule has 104 valence electrons. The third-order valence-electron chi connectivity index (χ3n) is 4.99. The highest BCUT2D eigenvalue weighted by Crippen LogP contribution is 2.35. The zero-order chi connectivity index (χ0) is 13.2. The van der Waals surface area contributed by atoms with Gasteiger partial charge in [0.2, 0.25) is 0 Å². The Bertz CT molecular complexity index is 415. The van der Waals surface area contributed by atoms with Crippen LogP contribution >= 0.6 is 0 Å². The van der Waals surface area contributed by atoms with Gasteiger partial charge < -0.3 is 10.2 Å². The van der Waals surface area contributed by atoms with Crippen molar-refractivity contribution in [3.8, 4) is 0 Å². The first-order valence-electron chi connectivity index (χ1n) is 7.84. The second-order valence-corrected chi connectivity index (χ2v) is 6.27. The van der Waals surface area contributed by atoms with Crippen molar-refractivity contribution in [2.75, 3.05) is 12.4 Å². The highest BCUT2D eigenvalue weighted by molar-refractivity contribution is 5.52. The van der Waals surface area contributed by atoms with Gasteiger partial charge in [0, 0.05) is 23.8 Å². The number of hydrogen-bond donors (Lipinski definition) is 1. The summed E-state index contributed by atoms with van der Waals surface area (Å²) in [5.41, 5.74) is 2.86. The van der Waals surface area contributed by atoms with E-state index in [4.69, 9.17) is 0 Å². The molecule has 2 heterocycles. The Morgan fingerprint density at radius 2 is 1.84 bits per heavy atom. The van der Waals surface area contributed by atoms with Crippen LogP contribution in [-0.4, -0.2) is 30.1 Å². The quantitative estimate of drug-likeness (QED) is 0.886. The number of piperidine rings is 1. The minimum absolute atomic E-state index is 0.673. The lowest BCUT2D eigenvalue weighted by Gasteiger charge is -2.37. The van der Waals surface area contributed by atoms with Crippen LogP contribution in [0.15, 0.2) is 24.3 Å². The van der Waals surface area contributed by atoms with Gasteiger partial charge in [-0.05, 0) is 50.8 Å². The van der Waals surface area contributed by atoms with E-state index in [-0.39, 0.29) is 0 Å². The number of para-hydroxylation sites is 1. The summed E-state index contributed by atoms with van der Waals surface area (Å²) < 4.78 is 0. The van der Waals surface area contributed by atoms with Crippen LogP contribution in [0.2, 0.25) is 0 Å². The summed E-state index contributed by atoms with van der Waals surface area (Å²) in [7, 11) is 2.31. The Labute approximate surface area is 117 Å². The monoisotopic (exact) mass is 258 g/mol. The summed E-state index contributed by atoms with van der Waals surface area (Å²) in [6.45, 7) is 2.26. The van der Waals surface area contributed by atoms with Crippen molar-refractivity contribution in [1.29, 1.82) is 0 Å². The van der Waals surface area contributed by atoms with E-state index >= 15 is 0 Å². The van der Waals surface area contributed by atoms with Crippen LogP contribution < -0.4 is 5.32 Å². The average molecular weight is 258 g/mol. The number of rotatable bonds is 4. The molecule has 0 spiro atoms. The first kappa shape index (κ1) is 13.0. The molecule has 0 aliphatic carbocycles. The Morgan fingerprint density at radius 3 is 2.53 bits per heavy atom. The van der Waals surface area contributed by atoms with Crippen molar-refractivity contribution in [2.45, 2.75) is 63.6 Å². The molecule has 19 heavy (non-hydrogen) atoms. The van der Waals surface area contributed by atoms with Gasteiger partial charge in [-0.3, -0.25) is 0 Å². The minimum Gasteiger partial charge on any atom is -0.382 e. The fraction of sp³-hybridized carbons (Fsp3) is 0.647. The largest absolute Gasteiger partial charge is 0.382 e. The van der Waals surface area contributed by atoms with E-state index in [1.807, 2.05) is 0 Å². The molecule has 2 bridgehead atoms. The summed E-state index contributed by atoms with van der Waals surface area (Å²) in [4.78, 5) is 2.61. The number of fused-ring (bicyclic) bond motifs is 2. The molecule has 0 aromatic heterocycles. The molecule has 2 aliphatic rings. The fourth-order valence-electron chi connectivity index (χ4n) is 3.90. The Balaban J connectivity index is 1.69. The number of hydrogen-bond acceptors (Lipinski definition) is 2. The van der Waals surface area contributed by atoms with Crippen LogP contribution in [-0.2, 0) is 6.42 Å². The van der Waals surface area contributed by atoms with Gasteiger partial charge in [-0.1, -0.05) is 31.5 Å². The van der Waals surface area contributed by atoms with Gasteiger partial charge in [-0.2, -0.15) is 0 Å². The predicted molar refractivity (Wildman–Crippen MR) is 81.7 cm³/mol. The van der Waals surface area contributed by atoms with Gasteiger partial charge in [0.25, 0.3) is 0 Å². The molecule has 0 saturated carbocycles. The lowest BCUT2D eigenvalue weighted by molar-refractivity contribution is 0.169. The van der Waals surface area contributed by atoms with Gasteiger partial charge in [0.15, 0.2) is 0 Å². The molecule has 1 aromatic rings. The van der Waals surface area contributed by atoms with E-state index in [0.29, 0.717) is 6.04 Å². The molecule has 2 fully saturated rings. The third-order valence-corrected chi connectivity index (χ3v) is 4.99. The van der Waals surface area contributed by atoms with E-state index in [9.17, 15) is 0 Å². The SMILES string of the molecule is CCCc1ccccc1NC1CC2CCC(C1)N2C. The first-order valence-corrected chi connectivity index (χ1v) is 7.84. The lowest BCUT2D eigenvalue weighted by atomic mass is 9.97. The third kappa shape index (κ3) is 2.64. The molecule has 2 atom stereocenters. The fourth-order valence-corrected chi connectivity index (χ4v) is 3.90. The number of aryl methyl sites for hydroxylation is 1. The smallest absolute Gasteiger partial charge is 0.0374 e. The second-order valence-electron chi connectivity index (χ2n) is 6.27. The molecule has 1 aromatic carbocycles. The normalized spacial score (nSPS) is 30.5.